The minimum atomic E-state index is -0.213. The number of benzene rings is 1. The number of rotatable bonds is 6. The van der Waals surface area contributed by atoms with E-state index in [9.17, 15) is 9.18 Å². The molecule has 0 radical (unpaired) electrons. The predicted octanol–water partition coefficient (Wildman–Crippen LogP) is 0.988. The van der Waals surface area contributed by atoms with Gasteiger partial charge in [0.15, 0.2) is 0 Å². The van der Waals surface area contributed by atoms with Crippen molar-refractivity contribution in [3.63, 3.8) is 0 Å². The lowest BCUT2D eigenvalue weighted by atomic mass is 10.0. The fraction of sp³-hybridized carbons (Fsp3) is 0.500. The first-order valence-electron chi connectivity index (χ1n) is 6.62. The van der Waals surface area contributed by atoms with Gasteiger partial charge in [-0.3, -0.25) is 4.79 Å². The van der Waals surface area contributed by atoms with Crippen LogP contribution in [-0.4, -0.2) is 39.1 Å². The van der Waals surface area contributed by atoms with Gasteiger partial charge in [-0.1, -0.05) is 12.1 Å². The third kappa shape index (κ3) is 3.67. The molecule has 1 heterocycles. The number of halogens is 1. The minimum Gasteiger partial charge on any atom is -0.372 e. The van der Waals surface area contributed by atoms with E-state index in [2.05, 4.69) is 10.6 Å². The topological polar surface area (TPSA) is 44.4 Å². The molecule has 0 saturated carbocycles. The molecule has 104 valence electrons. The largest absolute Gasteiger partial charge is 0.372 e. The van der Waals surface area contributed by atoms with E-state index in [1.807, 2.05) is 18.0 Å². The van der Waals surface area contributed by atoms with E-state index in [1.165, 1.54) is 6.07 Å². The second-order valence-corrected chi connectivity index (χ2v) is 4.87. The van der Waals surface area contributed by atoms with Crippen LogP contribution in [0.1, 0.15) is 6.42 Å². The monoisotopic (exact) mass is 265 g/mol. The maximum atomic E-state index is 13.5. The second kappa shape index (κ2) is 6.52. The molecule has 19 heavy (non-hydrogen) atoms. The Hall–Kier alpha value is -1.62. The first kappa shape index (κ1) is 13.8. The number of para-hydroxylation sites is 1. The third-order valence-corrected chi connectivity index (χ3v) is 3.39. The number of nitrogens with one attached hydrogen (secondary N) is 2. The molecular weight excluding hydrogens is 245 g/mol. The lowest BCUT2D eigenvalue weighted by Gasteiger charge is -2.26. The highest BCUT2D eigenvalue weighted by Crippen LogP contribution is 2.16. The summed E-state index contributed by atoms with van der Waals surface area (Å²) in [7, 11) is 1.86. The fourth-order valence-corrected chi connectivity index (χ4v) is 2.03. The van der Waals surface area contributed by atoms with Gasteiger partial charge in [-0.2, -0.15) is 0 Å². The van der Waals surface area contributed by atoms with Gasteiger partial charge in [0, 0.05) is 33.2 Å². The lowest BCUT2D eigenvalue weighted by Crippen LogP contribution is -2.51. The summed E-state index contributed by atoms with van der Waals surface area (Å²) in [5, 5.41) is 5.97. The third-order valence-electron chi connectivity index (χ3n) is 3.39. The molecule has 1 amide bonds. The van der Waals surface area contributed by atoms with E-state index >= 15 is 0 Å². The summed E-state index contributed by atoms with van der Waals surface area (Å²) in [4.78, 5) is 13.4. The summed E-state index contributed by atoms with van der Waals surface area (Å²) in [6, 6.07) is 6.71. The molecule has 4 nitrogen and oxygen atoms in total. The number of carbonyl (C=O) groups excluding carboxylic acids is 1. The average molecular weight is 265 g/mol. The number of amides is 1. The molecule has 0 aromatic heterocycles. The first-order valence-corrected chi connectivity index (χ1v) is 6.62. The van der Waals surface area contributed by atoms with Crippen LogP contribution in [0.15, 0.2) is 24.3 Å². The summed E-state index contributed by atoms with van der Waals surface area (Å²) < 4.78 is 13.5. The van der Waals surface area contributed by atoms with Crippen molar-refractivity contribution < 1.29 is 9.18 Å². The summed E-state index contributed by atoms with van der Waals surface area (Å²) in [6.07, 6.45) is 0.802. The summed E-state index contributed by atoms with van der Waals surface area (Å²) >= 11 is 0. The van der Waals surface area contributed by atoms with Crippen molar-refractivity contribution in [2.75, 3.05) is 38.1 Å². The van der Waals surface area contributed by atoms with Gasteiger partial charge in [0.25, 0.3) is 0 Å². The maximum absolute atomic E-state index is 13.5. The molecule has 1 aliphatic rings. The number of hydrogen-bond acceptors (Lipinski definition) is 3. The Labute approximate surface area is 113 Å². The smallest absolute Gasteiger partial charge is 0.225 e. The number of hydrogen-bond donors (Lipinski definition) is 2. The molecule has 1 aromatic carbocycles. The van der Waals surface area contributed by atoms with Crippen molar-refractivity contribution in [1.29, 1.82) is 0 Å². The van der Waals surface area contributed by atoms with Gasteiger partial charge < -0.3 is 15.5 Å². The molecular formula is C14H20FN3O. The number of anilines is 1. The van der Waals surface area contributed by atoms with Crippen LogP contribution in [0.3, 0.4) is 0 Å². The molecule has 0 bridgehead atoms. The second-order valence-electron chi connectivity index (χ2n) is 4.87. The molecule has 1 fully saturated rings. The molecule has 1 aliphatic heterocycles. The number of nitrogens with zero attached hydrogens (tertiary/aromatic N) is 1. The zero-order valence-electron chi connectivity index (χ0n) is 11.2. The molecule has 0 spiro atoms. The predicted molar refractivity (Wildman–Crippen MR) is 73.7 cm³/mol. The van der Waals surface area contributed by atoms with Crippen molar-refractivity contribution in [3.8, 4) is 0 Å². The van der Waals surface area contributed by atoms with Crippen LogP contribution < -0.4 is 15.5 Å². The Morgan fingerprint density at radius 2 is 2.21 bits per heavy atom. The quantitative estimate of drug-likeness (QED) is 0.754. The molecule has 0 unspecified atom stereocenters. The molecule has 1 saturated heterocycles. The molecule has 2 N–H and O–H groups in total. The first-order chi connectivity index (χ1) is 9.18. The zero-order valence-corrected chi connectivity index (χ0v) is 11.2. The Morgan fingerprint density at radius 3 is 2.84 bits per heavy atom. The summed E-state index contributed by atoms with van der Waals surface area (Å²) in [5.74, 6) is 0.0335. The van der Waals surface area contributed by atoms with Crippen LogP contribution in [0.2, 0.25) is 0 Å². The standard InChI is InChI=1S/C14H20FN3O/c1-18(13-6-3-2-5-12(13)15)8-4-7-17-14(19)11-9-16-10-11/h2-3,5-6,11,16H,4,7-10H2,1H3,(H,17,19). The normalized spacial score (nSPS) is 14.8. The molecule has 0 atom stereocenters. The van der Waals surface area contributed by atoms with Gasteiger partial charge in [-0.15, -0.1) is 0 Å². The van der Waals surface area contributed by atoms with E-state index in [0.29, 0.717) is 18.8 Å². The zero-order chi connectivity index (χ0) is 13.7. The highest BCUT2D eigenvalue weighted by Gasteiger charge is 2.24. The van der Waals surface area contributed by atoms with Gasteiger partial charge in [-0.05, 0) is 18.6 Å². The van der Waals surface area contributed by atoms with Gasteiger partial charge in [0.2, 0.25) is 5.91 Å². The highest BCUT2D eigenvalue weighted by atomic mass is 19.1. The Balaban J connectivity index is 1.68. The molecule has 1 aromatic rings. The van der Waals surface area contributed by atoms with Crippen molar-refractivity contribution in [2.24, 2.45) is 5.92 Å². The van der Waals surface area contributed by atoms with E-state index < -0.39 is 0 Å². The van der Waals surface area contributed by atoms with E-state index in [0.717, 1.165) is 19.5 Å². The van der Waals surface area contributed by atoms with Gasteiger partial charge in [0.05, 0.1) is 11.6 Å². The number of carbonyl (C=O) groups is 1. The van der Waals surface area contributed by atoms with Crippen LogP contribution >= 0.6 is 0 Å². The van der Waals surface area contributed by atoms with Crippen LogP contribution in [-0.2, 0) is 4.79 Å². The Kier molecular flexibility index (Phi) is 4.74. The van der Waals surface area contributed by atoms with E-state index in [1.54, 1.807) is 12.1 Å². The van der Waals surface area contributed by atoms with Crippen LogP contribution in [0.5, 0.6) is 0 Å². The van der Waals surface area contributed by atoms with E-state index in [-0.39, 0.29) is 17.6 Å². The van der Waals surface area contributed by atoms with Crippen LogP contribution in [0, 0.1) is 11.7 Å². The van der Waals surface area contributed by atoms with Crippen molar-refractivity contribution in [3.05, 3.63) is 30.1 Å². The lowest BCUT2D eigenvalue weighted by molar-refractivity contribution is -0.126. The minimum absolute atomic E-state index is 0.118. The Morgan fingerprint density at radius 1 is 1.47 bits per heavy atom. The molecule has 2 rings (SSSR count). The van der Waals surface area contributed by atoms with Gasteiger partial charge in [-0.25, -0.2) is 4.39 Å². The highest BCUT2D eigenvalue weighted by molar-refractivity contribution is 5.79. The van der Waals surface area contributed by atoms with Crippen LogP contribution in [0.4, 0.5) is 10.1 Å². The molecule has 0 aliphatic carbocycles. The maximum Gasteiger partial charge on any atom is 0.225 e. The fourth-order valence-electron chi connectivity index (χ4n) is 2.03. The molecule has 5 heteroatoms. The van der Waals surface area contributed by atoms with Crippen molar-refractivity contribution in [2.45, 2.75) is 6.42 Å². The van der Waals surface area contributed by atoms with Crippen molar-refractivity contribution >= 4 is 11.6 Å². The van der Waals surface area contributed by atoms with E-state index in [4.69, 9.17) is 0 Å². The average Bonchev–Trinajstić information content (AvgIpc) is 2.33. The van der Waals surface area contributed by atoms with Gasteiger partial charge in [0.1, 0.15) is 5.82 Å². The Bertz CT molecular complexity index is 434. The van der Waals surface area contributed by atoms with Crippen molar-refractivity contribution in [1.82, 2.24) is 10.6 Å². The summed E-state index contributed by atoms with van der Waals surface area (Å²) in [5.41, 5.74) is 0.594. The SMILES string of the molecule is CN(CCCNC(=O)C1CNC1)c1ccccc1F. The summed E-state index contributed by atoms with van der Waals surface area (Å²) in [6.45, 7) is 2.90. The van der Waals surface area contributed by atoms with Gasteiger partial charge >= 0.3 is 0 Å². The van der Waals surface area contributed by atoms with Crippen LogP contribution in [0.25, 0.3) is 0 Å².